The van der Waals surface area contributed by atoms with Gasteiger partial charge in [0.25, 0.3) is 11.1 Å². The molecular weight excluding hydrogens is 450 g/mol. The minimum absolute atomic E-state index is 0.103. The smallest absolute Gasteiger partial charge is 0.322 e. The molecule has 0 saturated heterocycles. The summed E-state index contributed by atoms with van der Waals surface area (Å²) in [6, 6.07) is 9.61. The Hall–Kier alpha value is -4.16. The van der Waals surface area contributed by atoms with Crippen LogP contribution in [0, 0.1) is 0 Å². The van der Waals surface area contributed by atoms with Gasteiger partial charge in [-0.1, -0.05) is 30.3 Å². The van der Waals surface area contributed by atoms with E-state index in [-0.39, 0.29) is 46.6 Å². The summed E-state index contributed by atoms with van der Waals surface area (Å²) in [4.78, 5) is 45.0. The van der Waals surface area contributed by atoms with E-state index in [2.05, 4.69) is 9.97 Å². The molecule has 0 amide bonds. The van der Waals surface area contributed by atoms with E-state index < -0.39 is 0 Å². The van der Waals surface area contributed by atoms with Gasteiger partial charge in [-0.3, -0.25) is 9.59 Å². The summed E-state index contributed by atoms with van der Waals surface area (Å²) >= 11 is 0. The molecule has 1 aromatic carbocycles. The van der Waals surface area contributed by atoms with Gasteiger partial charge in [0.15, 0.2) is 22.3 Å². The van der Waals surface area contributed by atoms with Gasteiger partial charge in [-0.25, -0.2) is 19.1 Å². The fourth-order valence-corrected chi connectivity index (χ4v) is 4.67. The molecule has 5 rings (SSSR count). The van der Waals surface area contributed by atoms with E-state index in [4.69, 9.17) is 9.97 Å². The van der Waals surface area contributed by atoms with Crippen molar-refractivity contribution in [2.45, 2.75) is 6.54 Å². The number of fused-ring (bicyclic) bond motifs is 2. The third-order valence-electron chi connectivity index (χ3n) is 6.40. The van der Waals surface area contributed by atoms with Crippen molar-refractivity contribution in [1.82, 2.24) is 42.7 Å². The molecule has 12 heteroatoms. The minimum Gasteiger partial charge on any atom is -0.390 e. The number of hydrogen-bond donors (Lipinski definition) is 1. The quantitative estimate of drug-likeness (QED) is 0.353. The average molecular weight is 477 g/mol. The van der Waals surface area contributed by atoms with E-state index in [0.717, 1.165) is 5.56 Å². The largest absolute Gasteiger partial charge is 0.390 e. The first kappa shape index (κ1) is 22.6. The molecule has 0 spiro atoms. The van der Waals surface area contributed by atoms with Gasteiger partial charge in [0.05, 0.1) is 19.3 Å². The number of aryl methyl sites for hydroxylation is 2. The van der Waals surface area contributed by atoms with E-state index in [1.165, 1.54) is 21.8 Å². The molecule has 4 aromatic heterocycles. The highest BCUT2D eigenvalue weighted by atomic mass is 16.3. The molecule has 180 valence electrons. The summed E-state index contributed by atoms with van der Waals surface area (Å²) in [5.74, 6) is 0.605. The summed E-state index contributed by atoms with van der Waals surface area (Å²) in [5.41, 5.74) is 1.61. The second-order valence-electron chi connectivity index (χ2n) is 8.67. The van der Waals surface area contributed by atoms with Gasteiger partial charge < -0.3 is 14.2 Å². The first-order valence-electron chi connectivity index (χ1n) is 11.1. The molecule has 12 nitrogen and oxygen atoms in total. The Balaban J connectivity index is 1.91. The topological polar surface area (TPSA) is 126 Å². The Morgan fingerprint density at radius 3 is 1.74 bits per heavy atom. The zero-order valence-electron chi connectivity index (χ0n) is 20.0. The molecule has 0 bridgehead atoms. The van der Waals surface area contributed by atoms with Gasteiger partial charge in [0.1, 0.15) is 13.1 Å². The van der Waals surface area contributed by atoms with Gasteiger partial charge in [-0.05, 0) is 0 Å². The third-order valence-corrected chi connectivity index (χ3v) is 6.40. The van der Waals surface area contributed by atoms with Crippen molar-refractivity contribution < 1.29 is 5.11 Å². The SMILES string of the molecule is Cn1c([N+](CCO)(Cc2ccccc2)c2nc3ncn(C)c3c(=O)n2C)nc2ncn(C)c2c1=O. The van der Waals surface area contributed by atoms with Crippen molar-refractivity contribution in [3.8, 4) is 0 Å². The molecule has 4 heterocycles. The van der Waals surface area contributed by atoms with E-state index >= 15 is 0 Å². The average Bonchev–Trinajstić information content (AvgIpc) is 3.41. The molecule has 35 heavy (non-hydrogen) atoms. The Morgan fingerprint density at radius 2 is 1.29 bits per heavy atom. The maximum absolute atomic E-state index is 13.4. The second kappa shape index (κ2) is 8.25. The second-order valence-corrected chi connectivity index (χ2v) is 8.67. The monoisotopic (exact) mass is 476 g/mol. The van der Waals surface area contributed by atoms with Crippen LogP contribution in [0.4, 0.5) is 11.9 Å². The number of rotatable bonds is 6. The molecule has 0 atom stereocenters. The predicted molar refractivity (Wildman–Crippen MR) is 131 cm³/mol. The highest BCUT2D eigenvalue weighted by Crippen LogP contribution is 2.34. The first-order chi connectivity index (χ1) is 16.8. The third kappa shape index (κ3) is 3.37. The fourth-order valence-electron chi connectivity index (χ4n) is 4.67. The van der Waals surface area contributed by atoms with Crippen molar-refractivity contribution in [3.05, 3.63) is 69.3 Å². The number of aromatic nitrogens is 8. The van der Waals surface area contributed by atoms with E-state index in [0.29, 0.717) is 22.9 Å². The van der Waals surface area contributed by atoms with Gasteiger partial charge in [0.2, 0.25) is 0 Å². The number of benzene rings is 1. The number of aliphatic hydroxyl groups is 1. The Kier molecular flexibility index (Phi) is 5.33. The standard InChI is InChI=1S/C23H26N9O3/c1-28-13-24-18-16(28)20(34)30(3)22(26-18)32(10-11-33,12-15-8-6-5-7-9-15)23-27-19-17(21(35)31(23)4)29(2)14-25-19/h5-9,13-14,33H,10-12H2,1-4H3/q+1. The molecule has 0 aliphatic carbocycles. The summed E-state index contributed by atoms with van der Waals surface area (Å²) in [6.45, 7) is 0.129. The molecule has 0 aliphatic rings. The number of hydrogen-bond acceptors (Lipinski definition) is 7. The molecule has 0 aliphatic heterocycles. The van der Waals surface area contributed by atoms with Gasteiger partial charge in [-0.15, -0.1) is 0 Å². The lowest BCUT2D eigenvalue weighted by Crippen LogP contribution is -2.52. The highest BCUT2D eigenvalue weighted by molar-refractivity contribution is 5.73. The number of aliphatic hydroxyl groups excluding tert-OH is 1. The fraction of sp³-hybridized carbons (Fsp3) is 0.304. The number of nitrogens with zero attached hydrogens (tertiary/aromatic N) is 9. The van der Waals surface area contributed by atoms with Crippen molar-refractivity contribution in [2.75, 3.05) is 13.2 Å². The lowest BCUT2D eigenvalue weighted by atomic mass is 10.2. The van der Waals surface area contributed by atoms with Crippen LogP contribution in [0.3, 0.4) is 0 Å². The molecule has 5 aromatic rings. The molecule has 0 unspecified atom stereocenters. The molecule has 1 N–H and O–H groups in total. The van der Waals surface area contributed by atoms with Crippen LogP contribution in [0.5, 0.6) is 0 Å². The zero-order valence-corrected chi connectivity index (χ0v) is 20.0. The van der Waals surface area contributed by atoms with E-state index in [9.17, 15) is 14.7 Å². The van der Waals surface area contributed by atoms with Gasteiger partial charge in [-0.2, -0.15) is 14.5 Å². The Bertz CT molecular complexity index is 1580. The summed E-state index contributed by atoms with van der Waals surface area (Å²) in [6.07, 6.45) is 3.07. The van der Waals surface area contributed by atoms with Crippen LogP contribution in [0.2, 0.25) is 0 Å². The van der Waals surface area contributed by atoms with E-state index in [1.54, 1.807) is 37.3 Å². The Labute approximate surface area is 199 Å². The maximum Gasteiger partial charge on any atom is 0.322 e. The first-order valence-corrected chi connectivity index (χ1v) is 11.1. The van der Waals surface area contributed by atoms with Crippen LogP contribution in [0.25, 0.3) is 22.3 Å². The van der Waals surface area contributed by atoms with Crippen LogP contribution >= 0.6 is 0 Å². The number of imidazole rings is 2. The van der Waals surface area contributed by atoms with Crippen LogP contribution in [-0.4, -0.2) is 56.5 Å². The number of quaternary nitrogens is 1. The van der Waals surface area contributed by atoms with Crippen LogP contribution in [-0.2, 0) is 34.7 Å². The predicted octanol–water partition coefficient (Wildman–Crippen LogP) is 0.479. The van der Waals surface area contributed by atoms with Crippen LogP contribution in [0.15, 0.2) is 52.6 Å². The van der Waals surface area contributed by atoms with Crippen molar-refractivity contribution in [2.24, 2.45) is 28.2 Å². The van der Waals surface area contributed by atoms with Gasteiger partial charge >= 0.3 is 11.9 Å². The van der Waals surface area contributed by atoms with Gasteiger partial charge in [0, 0.05) is 33.8 Å². The van der Waals surface area contributed by atoms with Crippen LogP contribution in [0.1, 0.15) is 5.56 Å². The molecule has 0 radical (unpaired) electrons. The van der Waals surface area contributed by atoms with E-state index in [1.807, 2.05) is 30.3 Å². The highest BCUT2D eigenvalue weighted by Gasteiger charge is 2.43. The lowest BCUT2D eigenvalue weighted by Gasteiger charge is -2.35. The molecular formula is C23H26N9O3+. The summed E-state index contributed by atoms with van der Waals surface area (Å²) in [5, 5.41) is 10.3. The van der Waals surface area contributed by atoms with Crippen molar-refractivity contribution in [1.29, 1.82) is 0 Å². The normalized spacial score (nSPS) is 12.1. The van der Waals surface area contributed by atoms with Crippen molar-refractivity contribution in [3.63, 3.8) is 0 Å². The lowest BCUT2D eigenvalue weighted by molar-refractivity contribution is 0.220. The zero-order chi connectivity index (χ0) is 24.9. The summed E-state index contributed by atoms with van der Waals surface area (Å²) in [7, 11) is 6.73. The Morgan fingerprint density at radius 1 is 0.800 bits per heavy atom. The molecule has 0 fully saturated rings. The van der Waals surface area contributed by atoms with Crippen molar-refractivity contribution >= 4 is 34.2 Å². The molecule has 0 saturated carbocycles. The summed E-state index contributed by atoms with van der Waals surface area (Å²) < 4.78 is 5.94. The minimum atomic E-state index is -0.289. The van der Waals surface area contributed by atoms with Crippen LogP contribution < -0.4 is 15.6 Å². The maximum atomic E-state index is 13.4.